The van der Waals surface area contributed by atoms with Crippen LogP contribution in [-0.4, -0.2) is 42.2 Å². The minimum absolute atomic E-state index is 0.0751. The highest BCUT2D eigenvalue weighted by Gasteiger charge is 2.32. The van der Waals surface area contributed by atoms with Gasteiger partial charge in [0.15, 0.2) is 5.60 Å². The van der Waals surface area contributed by atoms with Crippen LogP contribution < -0.4 is 10.1 Å². The Kier molecular flexibility index (Phi) is 8.85. The Morgan fingerprint density at radius 1 is 0.970 bits per heavy atom. The van der Waals surface area contributed by atoms with E-state index in [1.807, 2.05) is 56.3 Å². The van der Waals surface area contributed by atoms with E-state index in [1.54, 1.807) is 27.8 Å². The number of esters is 1. The average molecular weight is 457 g/mol. The fourth-order valence-electron chi connectivity index (χ4n) is 3.18. The zero-order chi connectivity index (χ0) is 24.6. The van der Waals surface area contributed by atoms with Gasteiger partial charge in [-0.15, -0.1) is 0 Å². The van der Waals surface area contributed by atoms with E-state index in [0.717, 1.165) is 22.3 Å². The largest absolute Gasteiger partial charge is 0.476 e. The van der Waals surface area contributed by atoms with Crippen molar-refractivity contribution >= 4 is 18.1 Å². The summed E-state index contributed by atoms with van der Waals surface area (Å²) in [6.07, 6.45) is -0.812. The Morgan fingerprint density at radius 2 is 1.58 bits per heavy atom. The molecule has 178 valence electrons. The first-order valence-electron chi connectivity index (χ1n) is 10.7. The van der Waals surface area contributed by atoms with E-state index in [0.29, 0.717) is 5.75 Å². The van der Waals surface area contributed by atoms with Gasteiger partial charge in [-0.25, -0.2) is 19.7 Å². The normalized spacial score (nSPS) is 10.8. The summed E-state index contributed by atoms with van der Waals surface area (Å²) in [5.74, 6) is 0.150. The Hall–Kier alpha value is -3.55. The van der Waals surface area contributed by atoms with Crippen LogP contribution in [0.5, 0.6) is 5.75 Å². The fourth-order valence-corrected chi connectivity index (χ4v) is 3.18. The molecule has 8 nitrogen and oxygen atoms in total. The van der Waals surface area contributed by atoms with Crippen molar-refractivity contribution in [1.29, 1.82) is 0 Å². The lowest BCUT2D eigenvalue weighted by Crippen LogP contribution is -2.40. The van der Waals surface area contributed by atoms with E-state index >= 15 is 0 Å². The summed E-state index contributed by atoms with van der Waals surface area (Å²) in [4.78, 5) is 37.8. The number of rotatable bonds is 8. The minimum atomic E-state index is -1.14. The molecule has 0 saturated carbocycles. The van der Waals surface area contributed by atoms with Gasteiger partial charge >= 0.3 is 18.1 Å². The zero-order valence-corrected chi connectivity index (χ0v) is 20.1. The standard InChI is InChI=1S/C25H32N2O6/c1-7-31-22(28)25(4,5)33-21-17(2)13-20(14-18(21)3)15-27(6)23(29)26-24(30)32-16-19-11-9-8-10-12-19/h8-14H,7,15-16H2,1-6H3,(H,26,29,30). The van der Waals surface area contributed by atoms with Crippen molar-refractivity contribution < 1.29 is 28.6 Å². The number of carbonyl (C=O) groups is 3. The number of alkyl carbamates (subject to hydrolysis) is 1. The lowest BCUT2D eigenvalue weighted by Gasteiger charge is -2.27. The van der Waals surface area contributed by atoms with E-state index in [1.165, 1.54) is 4.90 Å². The number of nitrogens with one attached hydrogen (secondary N) is 1. The molecule has 0 fully saturated rings. The molecule has 0 unspecified atom stereocenters. The van der Waals surface area contributed by atoms with Gasteiger partial charge in [-0.1, -0.05) is 42.5 Å². The van der Waals surface area contributed by atoms with E-state index in [4.69, 9.17) is 14.2 Å². The van der Waals surface area contributed by atoms with Gasteiger partial charge in [-0.2, -0.15) is 0 Å². The van der Waals surface area contributed by atoms with Gasteiger partial charge in [0.1, 0.15) is 12.4 Å². The Balaban J connectivity index is 1.97. The van der Waals surface area contributed by atoms with Crippen LogP contribution in [0.2, 0.25) is 0 Å². The second kappa shape index (κ2) is 11.4. The third kappa shape index (κ3) is 7.52. The molecule has 0 bridgehead atoms. The number of ether oxygens (including phenoxy) is 3. The van der Waals surface area contributed by atoms with Crippen molar-refractivity contribution in [2.24, 2.45) is 0 Å². The molecule has 8 heteroatoms. The smallest absolute Gasteiger partial charge is 0.415 e. The predicted molar refractivity (Wildman–Crippen MR) is 124 cm³/mol. The van der Waals surface area contributed by atoms with Gasteiger partial charge in [0.25, 0.3) is 0 Å². The summed E-state index contributed by atoms with van der Waals surface area (Å²) < 4.78 is 16.1. The SMILES string of the molecule is CCOC(=O)C(C)(C)Oc1c(C)cc(CN(C)C(=O)NC(=O)OCc2ccccc2)cc1C. The van der Waals surface area contributed by atoms with Crippen LogP contribution in [0, 0.1) is 13.8 Å². The fraction of sp³-hybridized carbons (Fsp3) is 0.400. The number of benzene rings is 2. The van der Waals surface area contributed by atoms with Crippen LogP contribution in [0.1, 0.15) is 43.0 Å². The molecule has 0 heterocycles. The summed E-state index contributed by atoms with van der Waals surface area (Å²) >= 11 is 0. The van der Waals surface area contributed by atoms with Crippen LogP contribution in [0.3, 0.4) is 0 Å². The maximum Gasteiger partial charge on any atom is 0.415 e. The second-order valence-electron chi connectivity index (χ2n) is 8.24. The van der Waals surface area contributed by atoms with Gasteiger partial charge in [0.05, 0.1) is 6.61 Å². The third-order valence-electron chi connectivity index (χ3n) is 4.83. The number of aryl methyl sites for hydroxylation is 2. The van der Waals surface area contributed by atoms with Gasteiger partial charge in [0.2, 0.25) is 0 Å². The average Bonchev–Trinajstić information content (AvgIpc) is 2.75. The zero-order valence-electron chi connectivity index (χ0n) is 20.1. The third-order valence-corrected chi connectivity index (χ3v) is 4.83. The second-order valence-corrected chi connectivity index (χ2v) is 8.24. The summed E-state index contributed by atoms with van der Waals surface area (Å²) in [6, 6.07) is 12.4. The minimum Gasteiger partial charge on any atom is -0.476 e. The maximum atomic E-state index is 12.4. The van der Waals surface area contributed by atoms with E-state index in [9.17, 15) is 14.4 Å². The molecule has 0 aromatic heterocycles. The van der Waals surface area contributed by atoms with Gasteiger partial charge < -0.3 is 19.1 Å². The highest BCUT2D eigenvalue weighted by atomic mass is 16.6. The number of hydrogen-bond donors (Lipinski definition) is 1. The van der Waals surface area contributed by atoms with Gasteiger partial charge in [0, 0.05) is 13.6 Å². The molecule has 2 aromatic carbocycles. The van der Waals surface area contributed by atoms with Crippen LogP contribution >= 0.6 is 0 Å². The summed E-state index contributed by atoms with van der Waals surface area (Å²) in [6.45, 7) is 9.42. The van der Waals surface area contributed by atoms with E-state index < -0.39 is 23.7 Å². The van der Waals surface area contributed by atoms with E-state index in [2.05, 4.69) is 5.32 Å². The number of urea groups is 1. The molecule has 33 heavy (non-hydrogen) atoms. The molecular weight excluding hydrogens is 424 g/mol. The molecule has 3 amide bonds. The first-order valence-corrected chi connectivity index (χ1v) is 10.7. The van der Waals surface area contributed by atoms with Crippen LogP contribution in [0.4, 0.5) is 9.59 Å². The summed E-state index contributed by atoms with van der Waals surface area (Å²) in [5.41, 5.74) is 2.18. The highest BCUT2D eigenvalue weighted by Crippen LogP contribution is 2.29. The number of nitrogens with zero attached hydrogens (tertiary/aromatic N) is 1. The monoisotopic (exact) mass is 456 g/mol. The predicted octanol–water partition coefficient (Wildman–Crippen LogP) is 4.50. The van der Waals surface area contributed by atoms with Crippen LogP contribution in [0.25, 0.3) is 0 Å². The molecule has 2 aromatic rings. The van der Waals surface area contributed by atoms with Crippen molar-refractivity contribution in [2.75, 3.05) is 13.7 Å². The number of amides is 3. The Bertz CT molecular complexity index is 965. The lowest BCUT2D eigenvalue weighted by molar-refractivity contribution is -0.158. The number of imide groups is 1. The molecule has 0 aliphatic rings. The Morgan fingerprint density at radius 3 is 2.15 bits per heavy atom. The van der Waals surface area contributed by atoms with Crippen molar-refractivity contribution in [3.63, 3.8) is 0 Å². The summed E-state index contributed by atoms with van der Waals surface area (Å²) in [5, 5.41) is 2.22. The van der Waals surface area contributed by atoms with Crippen molar-refractivity contribution in [3.8, 4) is 5.75 Å². The molecule has 2 rings (SSSR count). The van der Waals surface area contributed by atoms with Crippen LogP contribution in [0.15, 0.2) is 42.5 Å². The first kappa shape index (κ1) is 25.7. The molecule has 0 saturated heterocycles. The molecule has 1 N–H and O–H groups in total. The molecule has 0 atom stereocenters. The lowest BCUT2D eigenvalue weighted by atomic mass is 10.0. The summed E-state index contributed by atoms with van der Waals surface area (Å²) in [7, 11) is 1.58. The molecule has 0 aliphatic heterocycles. The van der Waals surface area contributed by atoms with Crippen LogP contribution in [-0.2, 0) is 27.4 Å². The van der Waals surface area contributed by atoms with Crippen molar-refractivity contribution in [1.82, 2.24) is 10.2 Å². The molecule has 0 aliphatic carbocycles. The number of carbonyl (C=O) groups excluding carboxylic acids is 3. The topological polar surface area (TPSA) is 94.2 Å². The highest BCUT2D eigenvalue weighted by molar-refractivity contribution is 5.90. The number of hydrogen-bond acceptors (Lipinski definition) is 6. The van der Waals surface area contributed by atoms with Crippen molar-refractivity contribution in [2.45, 2.75) is 53.4 Å². The van der Waals surface area contributed by atoms with Gasteiger partial charge in [-0.05, 0) is 56.9 Å². The quantitative estimate of drug-likeness (QED) is 0.588. The maximum absolute atomic E-state index is 12.4. The molecule has 0 spiro atoms. The first-order chi connectivity index (χ1) is 15.5. The molecule has 0 radical (unpaired) electrons. The molecular formula is C25H32N2O6. The Labute approximate surface area is 194 Å². The van der Waals surface area contributed by atoms with Gasteiger partial charge in [-0.3, -0.25) is 0 Å². The van der Waals surface area contributed by atoms with Crippen molar-refractivity contribution in [3.05, 3.63) is 64.7 Å². The van der Waals surface area contributed by atoms with E-state index in [-0.39, 0.29) is 19.8 Å².